The first kappa shape index (κ1) is 25.5. The first-order valence-corrected chi connectivity index (χ1v) is 13.8. The number of rotatable bonds is 8. The van der Waals surface area contributed by atoms with E-state index in [9.17, 15) is 9.59 Å². The molecular formula is C29H37N5O2S. The molecule has 2 aliphatic carbocycles. The molecule has 0 spiro atoms. The summed E-state index contributed by atoms with van der Waals surface area (Å²) >= 11 is 5.62. The Morgan fingerprint density at radius 1 is 1.03 bits per heavy atom. The molecule has 1 saturated heterocycles. The van der Waals surface area contributed by atoms with Gasteiger partial charge in [0.25, 0.3) is 0 Å². The van der Waals surface area contributed by atoms with Crippen LogP contribution in [0.25, 0.3) is 0 Å². The molecule has 0 bridgehead atoms. The van der Waals surface area contributed by atoms with Gasteiger partial charge >= 0.3 is 0 Å². The number of nitrogens with zero attached hydrogens (tertiary/aromatic N) is 3. The van der Waals surface area contributed by atoms with E-state index >= 15 is 0 Å². The Balaban J connectivity index is 1.34. The zero-order chi connectivity index (χ0) is 26.0. The number of hydrogen-bond donors (Lipinski definition) is 2. The summed E-state index contributed by atoms with van der Waals surface area (Å²) in [5, 5.41) is 7.13. The van der Waals surface area contributed by atoms with Crippen LogP contribution < -0.4 is 15.5 Å². The number of thiocarbonyl (C=S) groups is 1. The normalized spacial score (nSPS) is 20.8. The standard InChI is InChI=1S/C29H37N5O2S/c1-32(2)23-13-11-22(12-14-23)30-27(36)29(17-7-4-8-18-29)34(24-15-16-24)26(35)20-33-19-25(31-28(33)37)21-9-5-3-6-10-21/h3,5-6,9-14,24-25H,4,7-8,15-20H2,1-2H3,(H,30,36)(H,31,37)/t25-/m0/s1. The average Bonchev–Trinajstić information content (AvgIpc) is 3.67. The Morgan fingerprint density at radius 3 is 2.32 bits per heavy atom. The number of carbonyl (C=O) groups is 2. The van der Waals surface area contributed by atoms with Crippen LogP contribution in [0.4, 0.5) is 11.4 Å². The van der Waals surface area contributed by atoms with Crippen LogP contribution in [0, 0.1) is 0 Å². The lowest BCUT2D eigenvalue weighted by atomic mass is 9.79. The third kappa shape index (κ3) is 5.44. The van der Waals surface area contributed by atoms with Crippen molar-refractivity contribution in [2.24, 2.45) is 0 Å². The largest absolute Gasteiger partial charge is 0.378 e. The van der Waals surface area contributed by atoms with Gasteiger partial charge in [-0.25, -0.2) is 0 Å². The van der Waals surface area contributed by atoms with Crippen LogP contribution in [-0.2, 0) is 9.59 Å². The van der Waals surface area contributed by atoms with Crippen molar-refractivity contribution in [1.29, 1.82) is 0 Å². The Labute approximate surface area is 225 Å². The van der Waals surface area contributed by atoms with Crippen molar-refractivity contribution in [2.45, 2.75) is 62.6 Å². The SMILES string of the molecule is CN(C)c1ccc(NC(=O)C2(N(C(=O)CN3C[C@@H](c4ccccc4)NC3=S)C3CC3)CCCCC2)cc1. The van der Waals surface area contributed by atoms with E-state index in [1.807, 2.05) is 71.3 Å². The van der Waals surface area contributed by atoms with Gasteiger partial charge in [-0.2, -0.15) is 0 Å². The molecule has 2 amide bonds. The zero-order valence-electron chi connectivity index (χ0n) is 21.8. The highest BCUT2D eigenvalue weighted by Crippen LogP contribution is 2.42. The van der Waals surface area contributed by atoms with Crippen molar-refractivity contribution >= 4 is 40.5 Å². The van der Waals surface area contributed by atoms with Crippen LogP contribution in [-0.4, -0.2) is 65.5 Å². The summed E-state index contributed by atoms with van der Waals surface area (Å²) in [6, 6.07) is 18.2. The predicted octanol–water partition coefficient (Wildman–Crippen LogP) is 4.32. The van der Waals surface area contributed by atoms with Crippen LogP contribution in [0.5, 0.6) is 0 Å². The fourth-order valence-corrected chi connectivity index (χ4v) is 6.05. The van der Waals surface area contributed by atoms with Crippen molar-refractivity contribution in [3.05, 3.63) is 60.2 Å². The van der Waals surface area contributed by atoms with Crippen LogP contribution in [0.3, 0.4) is 0 Å². The van der Waals surface area contributed by atoms with Crippen LogP contribution in [0.15, 0.2) is 54.6 Å². The van der Waals surface area contributed by atoms with Gasteiger partial charge in [-0.15, -0.1) is 0 Å². The number of benzene rings is 2. The van der Waals surface area contributed by atoms with E-state index in [2.05, 4.69) is 22.8 Å². The maximum absolute atomic E-state index is 14.0. The molecule has 37 heavy (non-hydrogen) atoms. The fraction of sp³-hybridized carbons (Fsp3) is 0.483. The van der Waals surface area contributed by atoms with Crippen molar-refractivity contribution in [3.63, 3.8) is 0 Å². The van der Waals surface area contributed by atoms with E-state index in [0.717, 1.165) is 49.0 Å². The van der Waals surface area contributed by atoms with Crippen molar-refractivity contribution in [2.75, 3.05) is 37.4 Å². The molecular weight excluding hydrogens is 482 g/mol. The molecule has 2 saturated carbocycles. The molecule has 0 unspecified atom stereocenters. The molecule has 7 nitrogen and oxygen atoms in total. The average molecular weight is 520 g/mol. The third-order valence-corrected chi connectivity index (χ3v) is 8.28. The monoisotopic (exact) mass is 519 g/mol. The topological polar surface area (TPSA) is 67.9 Å². The van der Waals surface area contributed by atoms with Gasteiger partial charge in [0.15, 0.2) is 5.11 Å². The molecule has 0 aromatic heterocycles. The van der Waals surface area contributed by atoms with Crippen molar-refractivity contribution < 1.29 is 9.59 Å². The van der Waals surface area contributed by atoms with Gasteiger partial charge in [-0.1, -0.05) is 49.6 Å². The summed E-state index contributed by atoms with van der Waals surface area (Å²) < 4.78 is 0. The fourth-order valence-electron chi connectivity index (χ4n) is 5.77. The Bertz CT molecular complexity index is 1130. The molecule has 0 radical (unpaired) electrons. The lowest BCUT2D eigenvalue weighted by Gasteiger charge is -2.46. The number of amides is 2. The summed E-state index contributed by atoms with van der Waals surface area (Å²) in [4.78, 5) is 33.9. The Morgan fingerprint density at radius 2 is 1.70 bits per heavy atom. The lowest BCUT2D eigenvalue weighted by Crippen LogP contribution is -2.62. The maximum atomic E-state index is 14.0. The molecule has 2 aromatic carbocycles. The molecule has 2 aromatic rings. The maximum Gasteiger partial charge on any atom is 0.250 e. The van der Waals surface area contributed by atoms with Crippen LogP contribution in [0.1, 0.15) is 56.6 Å². The second-order valence-electron chi connectivity index (χ2n) is 10.8. The highest BCUT2D eigenvalue weighted by atomic mass is 32.1. The number of carbonyl (C=O) groups excluding carboxylic acids is 2. The Hall–Kier alpha value is -3.13. The van der Waals surface area contributed by atoms with Gasteiger partial charge in [-0.05, 0) is 67.7 Å². The number of anilines is 2. The van der Waals surface area contributed by atoms with Gasteiger partial charge < -0.3 is 25.3 Å². The van der Waals surface area contributed by atoms with Gasteiger partial charge in [0.2, 0.25) is 11.8 Å². The highest BCUT2D eigenvalue weighted by molar-refractivity contribution is 7.80. The second-order valence-corrected chi connectivity index (χ2v) is 11.2. The highest BCUT2D eigenvalue weighted by Gasteiger charge is 2.52. The summed E-state index contributed by atoms with van der Waals surface area (Å²) in [5.74, 6) is -0.0605. The lowest BCUT2D eigenvalue weighted by molar-refractivity contribution is -0.149. The minimum Gasteiger partial charge on any atom is -0.378 e. The second kappa shape index (κ2) is 10.7. The minimum absolute atomic E-state index is 0.000340. The molecule has 1 atom stereocenters. The summed E-state index contributed by atoms with van der Waals surface area (Å²) in [5.41, 5.74) is 2.18. The summed E-state index contributed by atoms with van der Waals surface area (Å²) in [6.07, 6.45) is 6.30. The molecule has 1 aliphatic heterocycles. The minimum atomic E-state index is -0.815. The first-order chi connectivity index (χ1) is 17.9. The van der Waals surface area contributed by atoms with E-state index in [1.54, 1.807) is 0 Å². The van der Waals surface area contributed by atoms with Gasteiger partial charge in [0, 0.05) is 38.1 Å². The smallest absolute Gasteiger partial charge is 0.250 e. The van der Waals surface area contributed by atoms with Crippen molar-refractivity contribution in [3.8, 4) is 0 Å². The number of hydrogen-bond acceptors (Lipinski definition) is 4. The van der Waals surface area contributed by atoms with Crippen LogP contribution >= 0.6 is 12.2 Å². The van der Waals surface area contributed by atoms with Gasteiger partial charge in [0.1, 0.15) is 5.54 Å². The molecule has 1 heterocycles. The summed E-state index contributed by atoms with van der Waals surface area (Å²) in [6.45, 7) is 0.836. The van der Waals surface area contributed by atoms with E-state index in [1.165, 1.54) is 0 Å². The number of nitrogens with one attached hydrogen (secondary N) is 2. The first-order valence-electron chi connectivity index (χ1n) is 13.4. The predicted molar refractivity (Wildman–Crippen MR) is 152 cm³/mol. The molecule has 5 rings (SSSR count). The van der Waals surface area contributed by atoms with E-state index < -0.39 is 5.54 Å². The van der Waals surface area contributed by atoms with Gasteiger partial charge in [0.05, 0.1) is 12.6 Å². The Kier molecular flexibility index (Phi) is 7.38. The summed E-state index contributed by atoms with van der Waals surface area (Å²) in [7, 11) is 3.99. The zero-order valence-corrected chi connectivity index (χ0v) is 22.6. The molecule has 3 aliphatic rings. The molecule has 3 fully saturated rings. The van der Waals surface area contributed by atoms with Crippen molar-refractivity contribution in [1.82, 2.24) is 15.1 Å². The molecule has 8 heteroatoms. The van der Waals surface area contributed by atoms with Gasteiger partial charge in [-0.3, -0.25) is 9.59 Å². The van der Waals surface area contributed by atoms with E-state index in [0.29, 0.717) is 24.5 Å². The quantitative estimate of drug-likeness (QED) is 0.507. The van der Waals surface area contributed by atoms with E-state index in [4.69, 9.17) is 12.2 Å². The molecule has 196 valence electrons. The third-order valence-electron chi connectivity index (χ3n) is 7.90. The van der Waals surface area contributed by atoms with E-state index in [-0.39, 0.29) is 30.4 Å². The van der Waals surface area contributed by atoms with Crippen LogP contribution in [0.2, 0.25) is 0 Å². The molecule has 2 N–H and O–H groups in total.